The van der Waals surface area contributed by atoms with E-state index < -0.39 is 5.97 Å². The number of hydrogen-bond acceptors (Lipinski definition) is 2. The van der Waals surface area contributed by atoms with Crippen LogP contribution in [0.3, 0.4) is 0 Å². The molecule has 1 aliphatic carbocycles. The van der Waals surface area contributed by atoms with Crippen molar-refractivity contribution < 1.29 is 14.7 Å². The topological polar surface area (TPSA) is 69.6 Å². The first kappa shape index (κ1) is 16.8. The van der Waals surface area contributed by atoms with Gasteiger partial charge in [0.25, 0.3) is 0 Å². The number of carboxylic acid groups (broad SMARTS) is 1. The van der Waals surface area contributed by atoms with Crippen LogP contribution in [0.4, 0.5) is 4.79 Å². The molecule has 1 atom stereocenters. The van der Waals surface area contributed by atoms with Gasteiger partial charge in [0, 0.05) is 25.6 Å². The number of aliphatic carboxylic acids is 1. The highest BCUT2D eigenvalue weighted by molar-refractivity contribution is 5.74. The first-order valence-corrected chi connectivity index (χ1v) is 7.84. The molecule has 0 aromatic rings. The zero-order valence-corrected chi connectivity index (χ0v) is 12.7. The maximum atomic E-state index is 12.1. The third-order valence-corrected chi connectivity index (χ3v) is 3.89. The quantitative estimate of drug-likeness (QED) is 0.648. The monoisotopic (exact) mass is 284 g/mol. The van der Waals surface area contributed by atoms with Crippen molar-refractivity contribution in [1.29, 1.82) is 0 Å². The van der Waals surface area contributed by atoms with Crippen molar-refractivity contribution in [1.82, 2.24) is 10.2 Å². The van der Waals surface area contributed by atoms with E-state index in [1.54, 1.807) is 0 Å². The summed E-state index contributed by atoms with van der Waals surface area (Å²) in [6.45, 7) is 5.63. The molecule has 116 valence electrons. The third-order valence-electron chi connectivity index (χ3n) is 3.89. The van der Waals surface area contributed by atoms with Gasteiger partial charge in [0.1, 0.15) is 0 Å². The minimum absolute atomic E-state index is 0.0439. The molecule has 0 saturated heterocycles. The highest BCUT2D eigenvalue weighted by Gasteiger charge is 2.31. The van der Waals surface area contributed by atoms with E-state index in [2.05, 4.69) is 19.2 Å². The van der Waals surface area contributed by atoms with Crippen LogP contribution in [0.5, 0.6) is 0 Å². The lowest BCUT2D eigenvalue weighted by molar-refractivity contribution is -0.137. The van der Waals surface area contributed by atoms with Crippen molar-refractivity contribution in [2.24, 2.45) is 5.92 Å². The van der Waals surface area contributed by atoms with E-state index in [9.17, 15) is 9.59 Å². The van der Waals surface area contributed by atoms with Crippen molar-refractivity contribution in [2.45, 2.75) is 64.8 Å². The van der Waals surface area contributed by atoms with Gasteiger partial charge in [-0.15, -0.1) is 0 Å². The molecule has 1 saturated carbocycles. The van der Waals surface area contributed by atoms with Gasteiger partial charge in [-0.25, -0.2) is 4.79 Å². The number of nitrogens with one attached hydrogen (secondary N) is 1. The second kappa shape index (κ2) is 8.82. The molecule has 0 radical (unpaired) electrons. The first-order valence-electron chi connectivity index (χ1n) is 7.84. The molecule has 1 unspecified atom stereocenters. The zero-order chi connectivity index (χ0) is 15.0. The molecular weight excluding hydrogens is 256 g/mol. The van der Waals surface area contributed by atoms with E-state index in [4.69, 9.17) is 5.11 Å². The van der Waals surface area contributed by atoms with E-state index in [0.29, 0.717) is 24.9 Å². The number of amides is 2. The second-order valence-electron chi connectivity index (χ2n) is 5.65. The lowest BCUT2D eigenvalue weighted by Crippen LogP contribution is -2.42. The van der Waals surface area contributed by atoms with Crippen molar-refractivity contribution in [3.8, 4) is 0 Å². The van der Waals surface area contributed by atoms with Crippen molar-refractivity contribution in [3.05, 3.63) is 0 Å². The van der Waals surface area contributed by atoms with Gasteiger partial charge in [-0.1, -0.05) is 20.3 Å². The van der Waals surface area contributed by atoms with Crippen molar-refractivity contribution in [2.75, 3.05) is 13.1 Å². The van der Waals surface area contributed by atoms with Crippen LogP contribution in [0.15, 0.2) is 0 Å². The Morgan fingerprint density at radius 3 is 2.50 bits per heavy atom. The first-order chi connectivity index (χ1) is 9.58. The number of hydrogen-bond donors (Lipinski definition) is 2. The summed E-state index contributed by atoms with van der Waals surface area (Å²) in [6.07, 6.45) is 5.98. The lowest BCUT2D eigenvalue weighted by Gasteiger charge is -2.23. The van der Waals surface area contributed by atoms with Crippen LogP contribution in [-0.2, 0) is 4.79 Å². The fourth-order valence-corrected chi connectivity index (χ4v) is 2.44. The van der Waals surface area contributed by atoms with Gasteiger partial charge in [0.05, 0.1) is 0 Å². The lowest BCUT2D eigenvalue weighted by atomic mass is 9.97. The highest BCUT2D eigenvalue weighted by Crippen LogP contribution is 2.26. The molecule has 0 aliphatic heterocycles. The maximum absolute atomic E-state index is 12.1. The molecule has 1 rings (SSSR count). The molecule has 0 heterocycles. The number of urea groups is 1. The van der Waals surface area contributed by atoms with Crippen LogP contribution < -0.4 is 5.32 Å². The van der Waals surface area contributed by atoms with Gasteiger partial charge >= 0.3 is 12.0 Å². The molecule has 1 fully saturated rings. The van der Waals surface area contributed by atoms with E-state index >= 15 is 0 Å². The van der Waals surface area contributed by atoms with E-state index in [0.717, 1.165) is 38.6 Å². The molecule has 5 nitrogen and oxygen atoms in total. The van der Waals surface area contributed by atoms with Crippen LogP contribution in [0.25, 0.3) is 0 Å². The summed E-state index contributed by atoms with van der Waals surface area (Å²) in [7, 11) is 0. The molecule has 0 bridgehead atoms. The zero-order valence-electron chi connectivity index (χ0n) is 12.7. The molecule has 1 aliphatic rings. The number of rotatable bonds is 10. The Labute approximate surface area is 121 Å². The summed E-state index contributed by atoms with van der Waals surface area (Å²) in [4.78, 5) is 24.6. The second-order valence-corrected chi connectivity index (χ2v) is 5.65. The Balaban J connectivity index is 2.23. The maximum Gasteiger partial charge on any atom is 0.317 e. The smallest absolute Gasteiger partial charge is 0.317 e. The summed E-state index contributed by atoms with van der Waals surface area (Å²) < 4.78 is 0. The molecule has 0 aromatic carbocycles. The fraction of sp³-hybridized carbons (Fsp3) is 0.867. The van der Waals surface area contributed by atoms with Gasteiger partial charge in [-0.05, 0) is 38.0 Å². The van der Waals surface area contributed by atoms with Crippen LogP contribution in [0.2, 0.25) is 0 Å². The van der Waals surface area contributed by atoms with Crippen LogP contribution in [0.1, 0.15) is 58.8 Å². The molecule has 2 amide bonds. The van der Waals surface area contributed by atoms with E-state index in [1.165, 1.54) is 0 Å². The molecule has 5 heteroatoms. The van der Waals surface area contributed by atoms with Gasteiger partial charge in [-0.2, -0.15) is 0 Å². The summed E-state index contributed by atoms with van der Waals surface area (Å²) >= 11 is 0. The number of carbonyl (C=O) groups is 2. The summed E-state index contributed by atoms with van der Waals surface area (Å²) in [5.41, 5.74) is 0. The molecule has 0 spiro atoms. The van der Waals surface area contributed by atoms with Crippen molar-refractivity contribution in [3.63, 3.8) is 0 Å². The number of carboxylic acids is 1. The standard InChI is InChI=1S/C15H28N2O3/c1-3-11-17(13-6-7-13)15(20)16-10-9-12(4-2)5-8-14(18)19/h12-13H,3-11H2,1-2H3,(H,16,20)(H,18,19). The molecule has 0 aromatic heterocycles. The van der Waals surface area contributed by atoms with Gasteiger partial charge < -0.3 is 15.3 Å². The highest BCUT2D eigenvalue weighted by atomic mass is 16.4. The summed E-state index contributed by atoms with van der Waals surface area (Å²) in [5.74, 6) is -0.359. The minimum atomic E-state index is -0.740. The Morgan fingerprint density at radius 1 is 1.30 bits per heavy atom. The van der Waals surface area contributed by atoms with Crippen LogP contribution >= 0.6 is 0 Å². The normalized spacial score (nSPS) is 15.7. The molecule has 20 heavy (non-hydrogen) atoms. The van der Waals surface area contributed by atoms with Gasteiger partial charge in [0.15, 0.2) is 0 Å². The average molecular weight is 284 g/mol. The summed E-state index contributed by atoms with van der Waals surface area (Å²) in [5, 5.41) is 11.7. The number of carbonyl (C=O) groups excluding carboxylic acids is 1. The predicted octanol–water partition coefficient (Wildman–Crippen LogP) is 2.85. The Morgan fingerprint density at radius 2 is 2.00 bits per heavy atom. The minimum Gasteiger partial charge on any atom is -0.481 e. The van der Waals surface area contributed by atoms with Crippen LogP contribution in [-0.4, -0.2) is 41.1 Å². The number of nitrogens with zero attached hydrogens (tertiary/aromatic N) is 1. The average Bonchev–Trinajstić information content (AvgIpc) is 3.23. The largest absolute Gasteiger partial charge is 0.481 e. The molecular formula is C15H28N2O3. The van der Waals surface area contributed by atoms with E-state index in [-0.39, 0.29) is 12.5 Å². The molecule has 2 N–H and O–H groups in total. The van der Waals surface area contributed by atoms with E-state index in [1.807, 2.05) is 4.90 Å². The Hall–Kier alpha value is -1.26. The third kappa shape index (κ3) is 6.26. The Kier molecular flexibility index (Phi) is 7.41. The fourth-order valence-electron chi connectivity index (χ4n) is 2.44. The Bertz CT molecular complexity index is 316. The SMILES string of the molecule is CCCN(C(=O)NCCC(CC)CCC(=O)O)C1CC1. The van der Waals surface area contributed by atoms with Gasteiger partial charge in [-0.3, -0.25) is 4.79 Å². The van der Waals surface area contributed by atoms with Gasteiger partial charge in [0.2, 0.25) is 0 Å². The predicted molar refractivity (Wildman–Crippen MR) is 78.7 cm³/mol. The van der Waals surface area contributed by atoms with Crippen LogP contribution in [0, 0.1) is 5.92 Å². The summed E-state index contributed by atoms with van der Waals surface area (Å²) in [6, 6.07) is 0.492. The van der Waals surface area contributed by atoms with Crippen molar-refractivity contribution >= 4 is 12.0 Å².